The molecule has 0 saturated heterocycles. The molecule has 1 aliphatic rings. The quantitative estimate of drug-likeness (QED) is 0.796. The van der Waals surface area contributed by atoms with Crippen LogP contribution in [0.3, 0.4) is 0 Å². The molecule has 3 rings (SSSR count). The molecule has 2 aromatic carbocycles. The van der Waals surface area contributed by atoms with Crippen LogP contribution in [0.15, 0.2) is 46.9 Å². The fraction of sp³-hybridized carbons (Fsp3) is 0.188. The van der Waals surface area contributed by atoms with Gasteiger partial charge in [-0.05, 0) is 42.8 Å². The van der Waals surface area contributed by atoms with Gasteiger partial charge >= 0.3 is 0 Å². The van der Waals surface area contributed by atoms with E-state index in [0.29, 0.717) is 0 Å². The van der Waals surface area contributed by atoms with Crippen LogP contribution >= 0.6 is 15.9 Å². The summed E-state index contributed by atoms with van der Waals surface area (Å²) in [5, 5.41) is 15.7. The highest BCUT2D eigenvalue weighted by Gasteiger charge is 2.31. The number of phenolic OH excluding ortho intramolecular Hbond substituents is 1. The van der Waals surface area contributed by atoms with Gasteiger partial charge in [-0.25, -0.2) is 0 Å². The lowest BCUT2D eigenvalue weighted by atomic mass is 10.0. The number of phenols is 1. The second-order valence-corrected chi connectivity index (χ2v) is 6.05. The second kappa shape index (κ2) is 5.50. The van der Waals surface area contributed by atoms with Crippen LogP contribution in [0.4, 0.5) is 5.69 Å². The highest BCUT2D eigenvalue weighted by Crippen LogP contribution is 2.34. The Morgan fingerprint density at radius 2 is 2.10 bits per heavy atom. The van der Waals surface area contributed by atoms with E-state index in [2.05, 4.69) is 26.6 Å². The molecule has 0 aromatic heterocycles. The summed E-state index contributed by atoms with van der Waals surface area (Å²) in [6, 6.07) is 12.3. The molecule has 0 bridgehead atoms. The molecule has 3 N–H and O–H groups in total. The van der Waals surface area contributed by atoms with E-state index in [4.69, 9.17) is 0 Å². The lowest BCUT2D eigenvalue weighted by Gasteiger charge is -2.19. The third kappa shape index (κ3) is 2.80. The maximum absolute atomic E-state index is 12.1. The number of anilines is 1. The Kier molecular flexibility index (Phi) is 3.69. The van der Waals surface area contributed by atoms with Crippen molar-refractivity contribution in [2.45, 2.75) is 19.0 Å². The summed E-state index contributed by atoms with van der Waals surface area (Å²) in [7, 11) is 0. The van der Waals surface area contributed by atoms with E-state index in [-0.39, 0.29) is 17.7 Å². The van der Waals surface area contributed by atoms with E-state index in [9.17, 15) is 9.90 Å². The molecule has 21 heavy (non-hydrogen) atoms. The number of hydrogen-bond acceptors (Lipinski definition) is 3. The van der Waals surface area contributed by atoms with Crippen molar-refractivity contribution in [3.63, 3.8) is 0 Å². The number of carbonyl (C=O) groups is 1. The van der Waals surface area contributed by atoms with Gasteiger partial charge in [0.25, 0.3) is 0 Å². The summed E-state index contributed by atoms with van der Waals surface area (Å²) in [5.41, 5.74) is 2.71. The number of aromatic hydroxyl groups is 1. The number of hydrogen-bond donors (Lipinski definition) is 3. The van der Waals surface area contributed by atoms with Crippen molar-refractivity contribution in [1.29, 1.82) is 0 Å². The molecule has 0 aliphatic carbocycles. The Hall–Kier alpha value is -1.85. The number of carbonyl (C=O) groups excluding carboxylic acids is 1. The highest BCUT2D eigenvalue weighted by atomic mass is 79.9. The van der Waals surface area contributed by atoms with E-state index >= 15 is 0 Å². The molecule has 5 heteroatoms. The number of benzene rings is 2. The normalized spacial score (nSPS) is 18.2. The molecular weight excluding hydrogens is 332 g/mol. The van der Waals surface area contributed by atoms with Gasteiger partial charge in [0, 0.05) is 21.8 Å². The van der Waals surface area contributed by atoms with Crippen LogP contribution in [0.25, 0.3) is 0 Å². The predicted molar refractivity (Wildman–Crippen MR) is 85.2 cm³/mol. The minimum atomic E-state index is -0.394. The fourth-order valence-corrected chi connectivity index (χ4v) is 2.92. The van der Waals surface area contributed by atoms with Gasteiger partial charge in [0.05, 0.1) is 0 Å². The zero-order valence-corrected chi connectivity index (χ0v) is 13.0. The molecule has 0 radical (unpaired) electrons. The number of nitrogens with one attached hydrogen (secondary N) is 2. The summed E-state index contributed by atoms with van der Waals surface area (Å²) in [6.45, 7) is 1.97. The summed E-state index contributed by atoms with van der Waals surface area (Å²) in [5.74, 6) is 0.162. The monoisotopic (exact) mass is 346 g/mol. The zero-order valence-electron chi connectivity index (χ0n) is 11.4. The maximum atomic E-state index is 12.1. The van der Waals surface area contributed by atoms with E-state index in [1.807, 2.05) is 31.2 Å². The van der Waals surface area contributed by atoms with E-state index in [1.54, 1.807) is 18.2 Å². The Bertz CT molecular complexity index is 702. The lowest BCUT2D eigenvalue weighted by Crippen LogP contribution is -2.29. The standard InChI is InChI=1S/C16H15BrN2O2/c1-9(10-3-2-4-12(20)7-10)18-15-13-8-11(17)5-6-14(13)19-16(15)21/h2-9,15,18,20H,1H3,(H,19,21). The van der Waals surface area contributed by atoms with Gasteiger partial charge in [-0.3, -0.25) is 10.1 Å². The number of halogens is 1. The molecule has 2 unspecified atom stereocenters. The second-order valence-electron chi connectivity index (χ2n) is 5.14. The third-order valence-electron chi connectivity index (χ3n) is 3.63. The average molecular weight is 347 g/mol. The maximum Gasteiger partial charge on any atom is 0.246 e. The van der Waals surface area contributed by atoms with Crippen LogP contribution in [0.1, 0.15) is 30.1 Å². The van der Waals surface area contributed by atoms with Crippen LogP contribution in [-0.2, 0) is 4.79 Å². The smallest absolute Gasteiger partial charge is 0.246 e. The van der Waals surface area contributed by atoms with Gasteiger partial charge in [0.15, 0.2) is 0 Å². The summed E-state index contributed by atoms with van der Waals surface area (Å²) in [6.07, 6.45) is 0. The Balaban J connectivity index is 1.85. The van der Waals surface area contributed by atoms with Gasteiger partial charge in [0.1, 0.15) is 11.8 Å². The van der Waals surface area contributed by atoms with E-state index in [1.165, 1.54) is 0 Å². The fourth-order valence-electron chi connectivity index (χ4n) is 2.54. The lowest BCUT2D eigenvalue weighted by molar-refractivity contribution is -0.117. The van der Waals surface area contributed by atoms with E-state index < -0.39 is 6.04 Å². The molecule has 1 aliphatic heterocycles. The zero-order chi connectivity index (χ0) is 15.0. The first-order valence-electron chi connectivity index (χ1n) is 6.70. The molecule has 108 valence electrons. The minimum Gasteiger partial charge on any atom is -0.508 e. The molecule has 0 spiro atoms. The minimum absolute atomic E-state index is 0.0576. The van der Waals surface area contributed by atoms with E-state index in [0.717, 1.165) is 21.3 Å². The van der Waals surface area contributed by atoms with Crippen LogP contribution in [-0.4, -0.2) is 11.0 Å². The summed E-state index contributed by atoms with van der Waals surface area (Å²) < 4.78 is 0.939. The molecule has 2 aromatic rings. The van der Waals surface area contributed by atoms with Crippen molar-refractivity contribution in [3.05, 3.63) is 58.1 Å². The Morgan fingerprint density at radius 1 is 1.29 bits per heavy atom. The van der Waals surface area contributed by atoms with Crippen LogP contribution < -0.4 is 10.6 Å². The van der Waals surface area contributed by atoms with Gasteiger partial charge in [-0.15, -0.1) is 0 Å². The molecule has 0 saturated carbocycles. The first kappa shape index (κ1) is 14.1. The number of amides is 1. The Morgan fingerprint density at radius 3 is 2.86 bits per heavy atom. The third-order valence-corrected chi connectivity index (χ3v) is 4.12. The number of rotatable bonds is 3. The summed E-state index contributed by atoms with van der Waals surface area (Å²) in [4.78, 5) is 12.1. The van der Waals surface area contributed by atoms with Gasteiger partial charge in [-0.2, -0.15) is 0 Å². The SMILES string of the molecule is CC(NC1C(=O)Nc2ccc(Br)cc21)c1cccc(O)c1. The average Bonchev–Trinajstić information content (AvgIpc) is 2.75. The van der Waals surface area contributed by atoms with Gasteiger partial charge < -0.3 is 10.4 Å². The van der Waals surface area contributed by atoms with Crippen molar-refractivity contribution in [2.75, 3.05) is 5.32 Å². The van der Waals surface area contributed by atoms with Gasteiger partial charge in [0.2, 0.25) is 5.91 Å². The first-order valence-corrected chi connectivity index (χ1v) is 7.49. The molecule has 4 nitrogen and oxygen atoms in total. The largest absolute Gasteiger partial charge is 0.508 e. The number of fused-ring (bicyclic) bond motifs is 1. The van der Waals surface area contributed by atoms with Crippen LogP contribution in [0.2, 0.25) is 0 Å². The van der Waals surface area contributed by atoms with Crippen molar-refractivity contribution in [3.8, 4) is 5.75 Å². The van der Waals surface area contributed by atoms with Crippen molar-refractivity contribution in [1.82, 2.24) is 5.32 Å². The molecular formula is C16H15BrN2O2. The molecule has 0 fully saturated rings. The Labute approximate surface area is 131 Å². The van der Waals surface area contributed by atoms with Crippen LogP contribution in [0.5, 0.6) is 5.75 Å². The highest BCUT2D eigenvalue weighted by molar-refractivity contribution is 9.10. The molecule has 1 amide bonds. The first-order chi connectivity index (χ1) is 10.0. The van der Waals surface area contributed by atoms with Crippen LogP contribution in [0, 0.1) is 0 Å². The van der Waals surface area contributed by atoms with Crippen molar-refractivity contribution in [2.24, 2.45) is 0 Å². The molecule has 1 heterocycles. The molecule has 2 atom stereocenters. The van der Waals surface area contributed by atoms with Crippen molar-refractivity contribution >= 4 is 27.5 Å². The summed E-state index contributed by atoms with van der Waals surface area (Å²) >= 11 is 3.43. The topological polar surface area (TPSA) is 61.4 Å². The predicted octanol–water partition coefficient (Wildman–Crippen LogP) is 3.50. The van der Waals surface area contributed by atoms with Gasteiger partial charge in [-0.1, -0.05) is 28.1 Å². The van der Waals surface area contributed by atoms with Crippen molar-refractivity contribution < 1.29 is 9.90 Å².